The van der Waals surface area contributed by atoms with Gasteiger partial charge < -0.3 is 0 Å². The van der Waals surface area contributed by atoms with Gasteiger partial charge in [-0.1, -0.05) is 42.5 Å². The standard InChI is InChI=1S/C18H15N3O2/c1-13-19-16-10-6-5-9-15(16)18(23)21(13)20-17(22)12-11-14-7-3-2-4-8-14/h2-12H,1H3,(H,20,22). The maximum Gasteiger partial charge on any atom is 0.280 e. The first-order valence-electron chi connectivity index (χ1n) is 7.17. The second-order valence-electron chi connectivity index (χ2n) is 5.04. The molecule has 0 saturated heterocycles. The molecule has 1 aromatic heterocycles. The molecule has 5 heteroatoms. The predicted molar refractivity (Wildman–Crippen MR) is 90.6 cm³/mol. The van der Waals surface area contributed by atoms with Crippen molar-refractivity contribution in [2.75, 3.05) is 5.43 Å². The Morgan fingerprint density at radius 3 is 2.57 bits per heavy atom. The van der Waals surface area contributed by atoms with Gasteiger partial charge in [0.25, 0.3) is 11.5 Å². The van der Waals surface area contributed by atoms with Gasteiger partial charge in [-0.25, -0.2) is 9.66 Å². The Morgan fingerprint density at radius 2 is 1.78 bits per heavy atom. The molecule has 1 heterocycles. The predicted octanol–water partition coefficient (Wildman–Crippen LogP) is 2.49. The highest BCUT2D eigenvalue weighted by atomic mass is 16.2. The molecule has 0 saturated carbocycles. The Labute approximate surface area is 132 Å². The second-order valence-corrected chi connectivity index (χ2v) is 5.04. The van der Waals surface area contributed by atoms with Crippen LogP contribution in [-0.2, 0) is 4.79 Å². The fraction of sp³-hybridized carbons (Fsp3) is 0.0556. The molecule has 0 spiro atoms. The van der Waals surface area contributed by atoms with Crippen molar-refractivity contribution in [3.05, 3.63) is 82.4 Å². The van der Waals surface area contributed by atoms with Gasteiger partial charge in [0.15, 0.2) is 0 Å². The highest BCUT2D eigenvalue weighted by Gasteiger charge is 2.08. The Kier molecular flexibility index (Phi) is 4.01. The molecule has 0 unspecified atom stereocenters. The molecule has 3 aromatic rings. The SMILES string of the molecule is Cc1nc2ccccc2c(=O)n1NC(=O)C=Cc1ccccc1. The fourth-order valence-electron chi connectivity index (χ4n) is 2.26. The second kappa shape index (κ2) is 6.27. The Balaban J connectivity index is 1.88. The number of nitrogens with one attached hydrogen (secondary N) is 1. The summed E-state index contributed by atoms with van der Waals surface area (Å²) in [5, 5.41) is 0.463. The molecule has 1 N–H and O–H groups in total. The van der Waals surface area contributed by atoms with Crippen LogP contribution in [-0.4, -0.2) is 15.6 Å². The lowest BCUT2D eigenvalue weighted by atomic mass is 10.2. The molecule has 0 aliphatic heterocycles. The van der Waals surface area contributed by atoms with E-state index in [1.807, 2.05) is 36.4 Å². The lowest BCUT2D eigenvalue weighted by molar-refractivity contribution is -0.112. The van der Waals surface area contributed by atoms with E-state index in [4.69, 9.17) is 0 Å². The zero-order valence-corrected chi connectivity index (χ0v) is 12.6. The monoisotopic (exact) mass is 305 g/mol. The summed E-state index contributed by atoms with van der Waals surface area (Å²) in [6.07, 6.45) is 3.07. The van der Waals surface area contributed by atoms with Gasteiger partial charge in [0.2, 0.25) is 0 Å². The molecule has 0 atom stereocenters. The van der Waals surface area contributed by atoms with Crippen LogP contribution in [0.3, 0.4) is 0 Å². The van der Waals surface area contributed by atoms with Gasteiger partial charge >= 0.3 is 0 Å². The van der Waals surface area contributed by atoms with Gasteiger partial charge in [0, 0.05) is 6.08 Å². The average Bonchev–Trinajstić information content (AvgIpc) is 2.58. The van der Waals surface area contributed by atoms with Crippen molar-refractivity contribution in [1.29, 1.82) is 0 Å². The number of fused-ring (bicyclic) bond motifs is 1. The Morgan fingerprint density at radius 1 is 1.09 bits per heavy atom. The number of aryl methyl sites for hydroxylation is 1. The largest absolute Gasteiger partial charge is 0.280 e. The van der Waals surface area contributed by atoms with Crippen LogP contribution >= 0.6 is 0 Å². The summed E-state index contributed by atoms with van der Waals surface area (Å²) in [4.78, 5) is 28.8. The van der Waals surface area contributed by atoms with E-state index in [2.05, 4.69) is 10.4 Å². The van der Waals surface area contributed by atoms with Crippen molar-refractivity contribution in [2.45, 2.75) is 6.92 Å². The van der Waals surface area contributed by atoms with E-state index < -0.39 is 5.91 Å². The van der Waals surface area contributed by atoms with E-state index in [0.29, 0.717) is 16.7 Å². The highest BCUT2D eigenvalue weighted by molar-refractivity contribution is 5.97. The van der Waals surface area contributed by atoms with Gasteiger partial charge in [0.1, 0.15) is 5.82 Å². The number of benzene rings is 2. The molecule has 0 aliphatic rings. The molecular formula is C18H15N3O2. The minimum absolute atomic E-state index is 0.297. The molecule has 1 amide bonds. The van der Waals surface area contributed by atoms with E-state index in [9.17, 15) is 9.59 Å². The van der Waals surface area contributed by atoms with Crippen LogP contribution in [0.5, 0.6) is 0 Å². The quantitative estimate of drug-likeness (QED) is 0.756. The van der Waals surface area contributed by atoms with Crippen LogP contribution in [0.2, 0.25) is 0 Å². The maximum atomic E-state index is 12.4. The summed E-state index contributed by atoms with van der Waals surface area (Å²) < 4.78 is 1.17. The number of carbonyl (C=O) groups excluding carboxylic acids is 1. The molecule has 2 aromatic carbocycles. The van der Waals surface area contributed by atoms with Crippen LogP contribution in [0, 0.1) is 6.92 Å². The summed E-state index contributed by atoms with van der Waals surface area (Å²) >= 11 is 0. The first kappa shape index (κ1) is 14.7. The summed E-state index contributed by atoms with van der Waals surface area (Å²) in [5.41, 5.74) is 3.78. The average molecular weight is 305 g/mol. The zero-order valence-electron chi connectivity index (χ0n) is 12.6. The third-order valence-corrected chi connectivity index (χ3v) is 3.39. The number of amides is 1. The number of carbonyl (C=O) groups is 1. The third kappa shape index (κ3) is 3.18. The van der Waals surface area contributed by atoms with Crippen molar-refractivity contribution < 1.29 is 4.79 Å². The van der Waals surface area contributed by atoms with Crippen molar-refractivity contribution >= 4 is 22.9 Å². The van der Waals surface area contributed by atoms with E-state index in [1.54, 1.807) is 31.2 Å². The summed E-state index contributed by atoms with van der Waals surface area (Å²) in [6, 6.07) is 16.5. The van der Waals surface area contributed by atoms with Gasteiger partial charge in [-0.15, -0.1) is 0 Å². The van der Waals surface area contributed by atoms with Crippen LogP contribution in [0.1, 0.15) is 11.4 Å². The van der Waals surface area contributed by atoms with Gasteiger partial charge in [-0.2, -0.15) is 0 Å². The van der Waals surface area contributed by atoms with Crippen LogP contribution in [0.25, 0.3) is 17.0 Å². The van der Waals surface area contributed by atoms with E-state index in [0.717, 1.165) is 5.56 Å². The minimum Gasteiger partial charge on any atom is -0.268 e. The fourth-order valence-corrected chi connectivity index (χ4v) is 2.26. The van der Waals surface area contributed by atoms with Crippen molar-refractivity contribution in [3.8, 4) is 0 Å². The number of rotatable bonds is 3. The van der Waals surface area contributed by atoms with E-state index in [-0.39, 0.29) is 5.56 Å². The first-order chi connectivity index (χ1) is 11.1. The van der Waals surface area contributed by atoms with Gasteiger partial charge in [-0.3, -0.25) is 15.0 Å². The van der Waals surface area contributed by atoms with Crippen LogP contribution < -0.4 is 11.0 Å². The molecule has 0 fully saturated rings. The third-order valence-electron chi connectivity index (χ3n) is 3.39. The highest BCUT2D eigenvalue weighted by Crippen LogP contribution is 2.06. The van der Waals surface area contributed by atoms with Crippen LogP contribution in [0.15, 0.2) is 65.5 Å². The normalized spacial score (nSPS) is 11.0. The Bertz CT molecular complexity index is 943. The maximum absolute atomic E-state index is 12.4. The van der Waals surface area contributed by atoms with E-state index >= 15 is 0 Å². The smallest absolute Gasteiger partial charge is 0.268 e. The Hall–Kier alpha value is -3.21. The first-order valence-corrected chi connectivity index (χ1v) is 7.17. The van der Waals surface area contributed by atoms with Gasteiger partial charge in [-0.05, 0) is 30.7 Å². The molecule has 3 rings (SSSR count). The molecule has 114 valence electrons. The van der Waals surface area contributed by atoms with Crippen molar-refractivity contribution in [3.63, 3.8) is 0 Å². The van der Waals surface area contributed by atoms with E-state index in [1.165, 1.54) is 10.8 Å². The molecule has 0 bridgehead atoms. The number of para-hydroxylation sites is 1. The summed E-state index contributed by atoms with van der Waals surface area (Å²) in [7, 11) is 0. The number of aromatic nitrogens is 2. The molecular weight excluding hydrogens is 290 g/mol. The summed E-state index contributed by atoms with van der Waals surface area (Å²) in [5.74, 6) is 0.0336. The molecule has 0 radical (unpaired) electrons. The summed E-state index contributed by atoms with van der Waals surface area (Å²) in [6.45, 7) is 1.68. The number of hydrogen-bond donors (Lipinski definition) is 1. The topological polar surface area (TPSA) is 64.0 Å². The number of hydrogen-bond acceptors (Lipinski definition) is 3. The lowest BCUT2D eigenvalue weighted by Gasteiger charge is -2.10. The molecule has 5 nitrogen and oxygen atoms in total. The molecule has 23 heavy (non-hydrogen) atoms. The van der Waals surface area contributed by atoms with Crippen LogP contribution in [0.4, 0.5) is 0 Å². The lowest BCUT2D eigenvalue weighted by Crippen LogP contribution is -2.34. The van der Waals surface area contributed by atoms with Crippen molar-refractivity contribution in [1.82, 2.24) is 9.66 Å². The zero-order chi connectivity index (χ0) is 16.2. The molecule has 0 aliphatic carbocycles. The van der Waals surface area contributed by atoms with Gasteiger partial charge in [0.05, 0.1) is 10.9 Å². The minimum atomic E-state index is -0.392. The van der Waals surface area contributed by atoms with Crippen molar-refractivity contribution in [2.24, 2.45) is 0 Å². The number of nitrogens with zero attached hydrogens (tertiary/aromatic N) is 2.